The molecule has 0 spiro atoms. The number of amides is 1. The molecule has 0 saturated carbocycles. The van der Waals surface area contributed by atoms with Crippen molar-refractivity contribution in [3.05, 3.63) is 34.9 Å². The molecule has 1 amide bonds. The summed E-state index contributed by atoms with van der Waals surface area (Å²) in [5.74, 6) is 5.35. The van der Waals surface area contributed by atoms with Crippen LogP contribution < -0.4 is 5.32 Å². The molecular formula is C17H19NO3. The van der Waals surface area contributed by atoms with Gasteiger partial charge < -0.3 is 15.2 Å². The first-order valence-electron chi connectivity index (χ1n) is 7.34. The summed E-state index contributed by atoms with van der Waals surface area (Å²) in [6.45, 7) is 1.74. The first kappa shape index (κ1) is 14.1. The number of aliphatic hydroxyl groups is 1. The standard InChI is InChI=1S/C17H19NO3/c1-11-4-6-14(12(9-11)3-2-8-19)17(20)18-15-10-13-5-7-16(15)21-13/h4,6,9,13,15-16,19H,5,7-8,10H2,1H3,(H,18,20). The quantitative estimate of drug-likeness (QED) is 0.807. The first-order valence-corrected chi connectivity index (χ1v) is 7.34. The van der Waals surface area contributed by atoms with Gasteiger partial charge in [0.1, 0.15) is 6.61 Å². The number of hydrogen-bond acceptors (Lipinski definition) is 3. The van der Waals surface area contributed by atoms with Crippen molar-refractivity contribution in [3.8, 4) is 11.8 Å². The second-order valence-corrected chi connectivity index (χ2v) is 5.70. The van der Waals surface area contributed by atoms with Crippen molar-refractivity contribution in [3.63, 3.8) is 0 Å². The van der Waals surface area contributed by atoms with Crippen LogP contribution in [-0.4, -0.2) is 35.9 Å². The maximum atomic E-state index is 12.5. The highest BCUT2D eigenvalue weighted by Crippen LogP contribution is 2.34. The minimum atomic E-state index is -0.213. The van der Waals surface area contributed by atoms with Crippen LogP contribution in [0, 0.1) is 18.8 Å². The van der Waals surface area contributed by atoms with E-state index in [0.29, 0.717) is 17.2 Å². The Morgan fingerprint density at radius 2 is 2.33 bits per heavy atom. The van der Waals surface area contributed by atoms with Gasteiger partial charge in [0.05, 0.1) is 23.8 Å². The van der Waals surface area contributed by atoms with E-state index >= 15 is 0 Å². The fraction of sp³-hybridized carbons (Fsp3) is 0.471. The van der Waals surface area contributed by atoms with Gasteiger partial charge in [0.15, 0.2) is 0 Å². The maximum Gasteiger partial charge on any atom is 0.252 e. The summed E-state index contributed by atoms with van der Waals surface area (Å²) in [4.78, 5) is 12.5. The van der Waals surface area contributed by atoms with Crippen LogP contribution in [0.5, 0.6) is 0 Å². The second kappa shape index (κ2) is 5.88. The molecule has 3 atom stereocenters. The average molecular weight is 285 g/mol. The predicted octanol–water partition coefficient (Wildman–Crippen LogP) is 1.39. The zero-order chi connectivity index (χ0) is 14.8. The Bertz CT molecular complexity index is 614. The third-order valence-electron chi connectivity index (χ3n) is 4.14. The Balaban J connectivity index is 1.78. The van der Waals surface area contributed by atoms with Gasteiger partial charge in [-0.25, -0.2) is 0 Å². The highest BCUT2D eigenvalue weighted by Gasteiger charge is 2.41. The fourth-order valence-electron chi connectivity index (χ4n) is 3.13. The van der Waals surface area contributed by atoms with Gasteiger partial charge in [-0.05, 0) is 43.9 Å². The molecule has 0 aliphatic carbocycles. The fourth-order valence-corrected chi connectivity index (χ4v) is 3.13. The van der Waals surface area contributed by atoms with E-state index in [1.165, 1.54) is 0 Å². The lowest BCUT2D eigenvalue weighted by Crippen LogP contribution is -2.41. The summed E-state index contributed by atoms with van der Waals surface area (Å²) in [6, 6.07) is 5.67. The third-order valence-corrected chi connectivity index (χ3v) is 4.14. The van der Waals surface area contributed by atoms with E-state index in [0.717, 1.165) is 24.8 Å². The molecule has 2 aliphatic heterocycles. The number of aliphatic hydroxyl groups excluding tert-OH is 1. The lowest BCUT2D eigenvalue weighted by atomic mass is 9.95. The van der Waals surface area contributed by atoms with E-state index < -0.39 is 0 Å². The second-order valence-electron chi connectivity index (χ2n) is 5.70. The zero-order valence-corrected chi connectivity index (χ0v) is 12.1. The van der Waals surface area contributed by atoms with Crippen LogP contribution in [0.25, 0.3) is 0 Å². The minimum absolute atomic E-state index is 0.108. The highest BCUT2D eigenvalue weighted by molar-refractivity contribution is 5.97. The number of nitrogens with one attached hydrogen (secondary N) is 1. The number of fused-ring (bicyclic) bond motifs is 2. The van der Waals surface area contributed by atoms with Gasteiger partial charge in [-0.1, -0.05) is 17.9 Å². The number of rotatable bonds is 2. The Kier molecular flexibility index (Phi) is 3.96. The Morgan fingerprint density at radius 1 is 1.48 bits per heavy atom. The van der Waals surface area contributed by atoms with Crippen LogP contribution in [0.4, 0.5) is 0 Å². The smallest absolute Gasteiger partial charge is 0.252 e. The van der Waals surface area contributed by atoms with Gasteiger partial charge in [0, 0.05) is 5.56 Å². The number of carbonyl (C=O) groups is 1. The normalized spacial score (nSPS) is 26.3. The molecule has 110 valence electrons. The van der Waals surface area contributed by atoms with Crippen LogP contribution in [-0.2, 0) is 4.74 Å². The summed E-state index contributed by atoms with van der Waals surface area (Å²) >= 11 is 0. The molecule has 1 aromatic rings. The Morgan fingerprint density at radius 3 is 3.00 bits per heavy atom. The van der Waals surface area contributed by atoms with Gasteiger partial charge in [-0.15, -0.1) is 0 Å². The van der Waals surface area contributed by atoms with Gasteiger partial charge in [-0.2, -0.15) is 0 Å². The molecule has 0 radical (unpaired) electrons. The highest BCUT2D eigenvalue weighted by atomic mass is 16.5. The molecule has 4 heteroatoms. The lowest BCUT2D eigenvalue weighted by molar-refractivity contribution is 0.0840. The van der Waals surface area contributed by atoms with Gasteiger partial charge >= 0.3 is 0 Å². The Labute approximate surface area is 124 Å². The van der Waals surface area contributed by atoms with Gasteiger partial charge in [0.25, 0.3) is 5.91 Å². The predicted molar refractivity (Wildman–Crippen MR) is 78.9 cm³/mol. The van der Waals surface area contributed by atoms with Crippen molar-refractivity contribution >= 4 is 5.91 Å². The Hall–Kier alpha value is -1.83. The molecule has 1 aromatic carbocycles. The molecule has 3 rings (SSSR count). The molecule has 4 nitrogen and oxygen atoms in total. The molecule has 3 unspecified atom stereocenters. The number of ether oxygens (including phenoxy) is 1. The summed E-state index contributed by atoms with van der Waals surface area (Å²) in [5.41, 5.74) is 2.26. The largest absolute Gasteiger partial charge is 0.384 e. The molecule has 2 heterocycles. The SMILES string of the molecule is Cc1ccc(C(=O)NC2CC3CCC2O3)c(C#CCO)c1. The molecule has 2 N–H and O–H groups in total. The number of aryl methyl sites for hydroxylation is 1. The zero-order valence-electron chi connectivity index (χ0n) is 12.1. The van der Waals surface area contributed by atoms with Crippen molar-refractivity contribution in [1.29, 1.82) is 0 Å². The first-order chi connectivity index (χ1) is 10.2. The van der Waals surface area contributed by atoms with Crippen LogP contribution >= 0.6 is 0 Å². The third kappa shape index (κ3) is 2.94. The van der Waals surface area contributed by atoms with E-state index in [-0.39, 0.29) is 24.7 Å². The summed E-state index contributed by atoms with van der Waals surface area (Å²) in [5, 5.41) is 11.9. The molecular weight excluding hydrogens is 266 g/mol. The topological polar surface area (TPSA) is 58.6 Å². The minimum Gasteiger partial charge on any atom is -0.384 e. The molecule has 2 bridgehead atoms. The summed E-state index contributed by atoms with van der Waals surface area (Å²) < 4.78 is 5.76. The van der Waals surface area contributed by atoms with Crippen LogP contribution in [0.3, 0.4) is 0 Å². The summed E-state index contributed by atoms with van der Waals surface area (Å²) in [7, 11) is 0. The van der Waals surface area contributed by atoms with E-state index in [4.69, 9.17) is 9.84 Å². The van der Waals surface area contributed by atoms with Crippen molar-refractivity contribution in [2.45, 2.75) is 44.4 Å². The number of benzene rings is 1. The van der Waals surface area contributed by atoms with Crippen molar-refractivity contribution < 1.29 is 14.6 Å². The molecule has 0 aromatic heterocycles. The molecule has 21 heavy (non-hydrogen) atoms. The number of carbonyl (C=O) groups excluding carboxylic acids is 1. The monoisotopic (exact) mass is 285 g/mol. The van der Waals surface area contributed by atoms with Crippen LogP contribution in [0.2, 0.25) is 0 Å². The lowest BCUT2D eigenvalue weighted by Gasteiger charge is -2.20. The van der Waals surface area contributed by atoms with Gasteiger partial charge in [0.2, 0.25) is 0 Å². The summed E-state index contributed by atoms with van der Waals surface area (Å²) in [6.07, 6.45) is 3.51. The van der Waals surface area contributed by atoms with E-state index in [1.807, 2.05) is 19.1 Å². The number of hydrogen-bond donors (Lipinski definition) is 2. The molecule has 2 aliphatic rings. The van der Waals surface area contributed by atoms with E-state index in [9.17, 15) is 4.79 Å². The van der Waals surface area contributed by atoms with E-state index in [2.05, 4.69) is 17.2 Å². The van der Waals surface area contributed by atoms with Gasteiger partial charge in [-0.3, -0.25) is 4.79 Å². The van der Waals surface area contributed by atoms with Crippen molar-refractivity contribution in [1.82, 2.24) is 5.32 Å². The van der Waals surface area contributed by atoms with Crippen LogP contribution in [0.1, 0.15) is 40.7 Å². The van der Waals surface area contributed by atoms with Crippen LogP contribution in [0.15, 0.2) is 18.2 Å². The van der Waals surface area contributed by atoms with Crippen molar-refractivity contribution in [2.75, 3.05) is 6.61 Å². The maximum absolute atomic E-state index is 12.5. The van der Waals surface area contributed by atoms with E-state index in [1.54, 1.807) is 6.07 Å². The van der Waals surface area contributed by atoms with Crippen molar-refractivity contribution in [2.24, 2.45) is 0 Å². The average Bonchev–Trinajstić information content (AvgIpc) is 3.07. The molecule has 2 saturated heterocycles. The molecule has 2 fully saturated rings.